The van der Waals surface area contributed by atoms with Crippen molar-refractivity contribution in [2.24, 2.45) is 0 Å². The smallest absolute Gasteiger partial charge is 0.356 e. The highest BCUT2D eigenvalue weighted by Crippen LogP contribution is 2.30. The van der Waals surface area contributed by atoms with E-state index >= 15 is 0 Å². The van der Waals surface area contributed by atoms with Gasteiger partial charge in [-0.25, -0.2) is 9.78 Å². The summed E-state index contributed by atoms with van der Waals surface area (Å²) in [5.41, 5.74) is 1.69. The van der Waals surface area contributed by atoms with Crippen LogP contribution >= 0.6 is 0 Å². The Hall–Kier alpha value is -2.34. The lowest BCUT2D eigenvalue weighted by Gasteiger charge is -2.19. The molecule has 1 unspecified atom stereocenters. The summed E-state index contributed by atoms with van der Waals surface area (Å²) in [6.07, 6.45) is 2.06. The van der Waals surface area contributed by atoms with Crippen molar-refractivity contribution >= 4 is 5.97 Å². The van der Waals surface area contributed by atoms with Gasteiger partial charge in [-0.15, -0.1) is 0 Å². The van der Waals surface area contributed by atoms with Gasteiger partial charge in [-0.05, 0) is 36.1 Å². The molecule has 0 spiro atoms. The molecule has 2 heterocycles. The van der Waals surface area contributed by atoms with Gasteiger partial charge in [0, 0.05) is 0 Å². The van der Waals surface area contributed by atoms with Crippen molar-refractivity contribution in [3.8, 4) is 5.75 Å². The molecule has 0 aliphatic carbocycles. The summed E-state index contributed by atoms with van der Waals surface area (Å²) in [7, 11) is 0. The number of aliphatic hydroxyl groups excluding tert-OH is 1. The van der Waals surface area contributed by atoms with Crippen molar-refractivity contribution in [2.75, 3.05) is 6.61 Å². The lowest BCUT2D eigenvalue weighted by atomic mass is 9.98. The Balaban J connectivity index is 1.96. The topological polar surface area (TPSA) is 95.4 Å². The Kier molecular flexibility index (Phi) is 3.15. The molecule has 1 aromatic carbocycles. The summed E-state index contributed by atoms with van der Waals surface area (Å²) in [6, 6.07) is 5.40. The third kappa shape index (κ3) is 2.14. The number of carbonyl (C=O) groups is 1. The first kappa shape index (κ1) is 12.7. The number of imidazole rings is 1. The van der Waals surface area contributed by atoms with Gasteiger partial charge in [0.1, 0.15) is 11.9 Å². The molecule has 104 valence electrons. The van der Waals surface area contributed by atoms with Crippen molar-refractivity contribution in [1.82, 2.24) is 9.97 Å². The fourth-order valence-electron chi connectivity index (χ4n) is 2.40. The van der Waals surface area contributed by atoms with Crippen LogP contribution in [0.25, 0.3) is 0 Å². The second-order valence-electron chi connectivity index (χ2n) is 4.69. The molecule has 3 rings (SSSR count). The summed E-state index contributed by atoms with van der Waals surface area (Å²) in [4.78, 5) is 17.4. The van der Waals surface area contributed by atoms with E-state index in [2.05, 4.69) is 9.97 Å². The number of aromatic nitrogens is 2. The second kappa shape index (κ2) is 4.97. The van der Waals surface area contributed by atoms with Crippen LogP contribution in [0, 0.1) is 0 Å². The van der Waals surface area contributed by atoms with Gasteiger partial charge in [0.2, 0.25) is 0 Å². The highest BCUT2D eigenvalue weighted by Gasteiger charge is 2.22. The molecule has 3 N–H and O–H groups in total. The zero-order valence-corrected chi connectivity index (χ0v) is 10.7. The maximum absolute atomic E-state index is 11.0. The minimum Gasteiger partial charge on any atom is -0.493 e. The summed E-state index contributed by atoms with van der Waals surface area (Å²) in [5.74, 6) is -0.336. The number of H-pyrrole nitrogens is 1. The van der Waals surface area contributed by atoms with E-state index in [1.54, 1.807) is 6.07 Å². The van der Waals surface area contributed by atoms with Crippen LogP contribution in [-0.2, 0) is 6.42 Å². The van der Waals surface area contributed by atoms with E-state index in [-0.39, 0.29) is 11.4 Å². The van der Waals surface area contributed by atoms with Crippen LogP contribution in [0.15, 0.2) is 24.5 Å². The molecular formula is C14H14N2O4. The number of carboxylic acid groups (broad SMARTS) is 1. The van der Waals surface area contributed by atoms with E-state index in [4.69, 9.17) is 9.84 Å². The third-order valence-electron chi connectivity index (χ3n) is 3.39. The van der Waals surface area contributed by atoms with E-state index in [0.717, 1.165) is 24.2 Å². The Morgan fingerprint density at radius 3 is 3.10 bits per heavy atom. The van der Waals surface area contributed by atoms with Gasteiger partial charge in [0.15, 0.2) is 5.69 Å². The Morgan fingerprint density at radius 1 is 1.45 bits per heavy atom. The van der Waals surface area contributed by atoms with E-state index < -0.39 is 12.1 Å². The number of aromatic carboxylic acids is 1. The van der Waals surface area contributed by atoms with Crippen molar-refractivity contribution in [3.63, 3.8) is 0 Å². The van der Waals surface area contributed by atoms with Gasteiger partial charge in [-0.2, -0.15) is 0 Å². The molecule has 20 heavy (non-hydrogen) atoms. The van der Waals surface area contributed by atoms with Gasteiger partial charge < -0.3 is 19.9 Å². The Morgan fingerprint density at radius 2 is 2.30 bits per heavy atom. The molecule has 0 radical (unpaired) electrons. The Bertz CT molecular complexity index is 650. The largest absolute Gasteiger partial charge is 0.493 e. The number of nitrogens with zero attached hydrogens (tertiary/aromatic N) is 1. The summed E-state index contributed by atoms with van der Waals surface area (Å²) in [5, 5.41) is 19.4. The fraction of sp³-hybridized carbons (Fsp3) is 0.286. The minimum atomic E-state index is -1.17. The maximum Gasteiger partial charge on any atom is 0.356 e. The van der Waals surface area contributed by atoms with Crippen LogP contribution < -0.4 is 4.74 Å². The number of ether oxygens (including phenoxy) is 1. The van der Waals surface area contributed by atoms with Crippen LogP contribution in [0.1, 0.15) is 39.8 Å². The highest BCUT2D eigenvalue weighted by molar-refractivity contribution is 5.86. The van der Waals surface area contributed by atoms with Crippen LogP contribution in [0.5, 0.6) is 5.75 Å². The fourth-order valence-corrected chi connectivity index (χ4v) is 2.40. The number of fused-ring (bicyclic) bond motifs is 1. The summed E-state index contributed by atoms with van der Waals surface area (Å²) < 4.78 is 5.51. The van der Waals surface area contributed by atoms with E-state index in [1.165, 1.54) is 6.33 Å². The van der Waals surface area contributed by atoms with Gasteiger partial charge in [-0.1, -0.05) is 6.07 Å². The number of hydrogen-bond donors (Lipinski definition) is 3. The normalized spacial score (nSPS) is 15.2. The zero-order valence-electron chi connectivity index (χ0n) is 10.7. The van der Waals surface area contributed by atoms with Gasteiger partial charge in [0.25, 0.3) is 0 Å². The number of hydrogen-bond acceptors (Lipinski definition) is 4. The number of benzene rings is 1. The molecule has 6 heteroatoms. The monoisotopic (exact) mass is 274 g/mol. The average molecular weight is 274 g/mol. The first-order valence-corrected chi connectivity index (χ1v) is 6.37. The molecule has 1 aliphatic heterocycles. The van der Waals surface area contributed by atoms with E-state index in [9.17, 15) is 9.90 Å². The molecule has 1 atom stereocenters. The quantitative estimate of drug-likeness (QED) is 0.788. The van der Waals surface area contributed by atoms with E-state index in [1.807, 2.05) is 12.1 Å². The SMILES string of the molecule is O=C(O)c1nc[nH]c1C(O)c1ccc2c(c1)CCCO2. The van der Waals surface area contributed by atoms with Crippen LogP contribution in [-0.4, -0.2) is 32.8 Å². The maximum atomic E-state index is 11.0. The molecule has 0 saturated heterocycles. The first-order chi connectivity index (χ1) is 9.66. The number of nitrogens with one attached hydrogen (secondary N) is 1. The predicted octanol–water partition coefficient (Wildman–Crippen LogP) is 1.51. The lowest BCUT2D eigenvalue weighted by molar-refractivity contribution is 0.0685. The number of aromatic amines is 1. The minimum absolute atomic E-state index is 0.161. The van der Waals surface area contributed by atoms with E-state index in [0.29, 0.717) is 12.2 Å². The molecule has 0 bridgehead atoms. The standard InChI is InChI=1S/C14H14N2O4/c17-13(11-12(14(18)19)16-7-15-11)9-3-4-10-8(6-9)2-1-5-20-10/h3-4,6-7,13,17H,1-2,5H2,(H,15,16)(H,18,19). The molecule has 0 amide bonds. The van der Waals surface area contributed by atoms with Crippen molar-refractivity contribution in [1.29, 1.82) is 0 Å². The van der Waals surface area contributed by atoms with Gasteiger partial charge in [-0.3, -0.25) is 0 Å². The molecule has 0 saturated carbocycles. The molecular weight excluding hydrogens is 260 g/mol. The highest BCUT2D eigenvalue weighted by atomic mass is 16.5. The average Bonchev–Trinajstić information content (AvgIpc) is 2.95. The summed E-state index contributed by atoms with van der Waals surface area (Å²) >= 11 is 0. The molecule has 6 nitrogen and oxygen atoms in total. The van der Waals surface area contributed by atoms with Crippen LogP contribution in [0.3, 0.4) is 0 Å². The van der Waals surface area contributed by atoms with Gasteiger partial charge >= 0.3 is 5.97 Å². The number of rotatable bonds is 3. The van der Waals surface area contributed by atoms with Gasteiger partial charge in [0.05, 0.1) is 18.6 Å². The first-order valence-electron chi connectivity index (χ1n) is 6.37. The number of carboxylic acids is 1. The third-order valence-corrected chi connectivity index (χ3v) is 3.39. The second-order valence-corrected chi connectivity index (χ2v) is 4.69. The van der Waals surface area contributed by atoms with Crippen LogP contribution in [0.2, 0.25) is 0 Å². The molecule has 2 aromatic rings. The summed E-state index contributed by atoms with van der Waals surface area (Å²) in [6.45, 7) is 0.707. The van der Waals surface area contributed by atoms with Crippen molar-refractivity contribution in [3.05, 3.63) is 47.0 Å². The van der Waals surface area contributed by atoms with Crippen molar-refractivity contribution < 1.29 is 19.7 Å². The molecule has 1 aromatic heterocycles. The van der Waals surface area contributed by atoms with Crippen LogP contribution in [0.4, 0.5) is 0 Å². The van der Waals surface area contributed by atoms with Crippen molar-refractivity contribution in [2.45, 2.75) is 18.9 Å². The molecule has 1 aliphatic rings. The predicted molar refractivity (Wildman–Crippen MR) is 69.9 cm³/mol. The molecule has 0 fully saturated rings. The lowest BCUT2D eigenvalue weighted by Crippen LogP contribution is -2.11. The zero-order chi connectivity index (χ0) is 14.1. The number of aliphatic hydroxyl groups is 1. The number of aryl methyl sites for hydroxylation is 1. The Labute approximate surface area is 115 Å².